The highest BCUT2D eigenvalue weighted by Crippen LogP contribution is 2.36. The first kappa shape index (κ1) is 12.7. The molecule has 1 aliphatic rings. The van der Waals surface area contributed by atoms with Crippen molar-refractivity contribution in [3.8, 4) is 0 Å². The number of nitrogens with zero attached hydrogens (tertiary/aromatic N) is 2. The van der Waals surface area contributed by atoms with Crippen LogP contribution in [0.15, 0.2) is 12.1 Å². The molecule has 0 unspecified atom stereocenters. The van der Waals surface area contributed by atoms with Gasteiger partial charge in [0, 0.05) is 13.6 Å². The summed E-state index contributed by atoms with van der Waals surface area (Å²) >= 11 is 1.59. The lowest BCUT2D eigenvalue weighted by Gasteiger charge is -2.29. The SMILES string of the molecule is CNc1nc2cc3c(cc2s1)CCCN3S(C)(=O)=O. The number of nitrogens with one attached hydrogen (secondary N) is 1. The molecular formula is C12H15N3O2S2. The van der Waals surface area contributed by atoms with Gasteiger partial charge >= 0.3 is 0 Å². The highest BCUT2D eigenvalue weighted by atomic mass is 32.2. The fraction of sp³-hybridized carbons (Fsp3) is 0.417. The van der Waals surface area contributed by atoms with Gasteiger partial charge in [0.2, 0.25) is 10.0 Å². The van der Waals surface area contributed by atoms with Crippen LogP contribution in [0.4, 0.5) is 10.8 Å². The van der Waals surface area contributed by atoms with Gasteiger partial charge in [0.1, 0.15) is 0 Å². The summed E-state index contributed by atoms with van der Waals surface area (Å²) in [6.45, 7) is 0.556. The van der Waals surface area contributed by atoms with Crippen molar-refractivity contribution in [2.24, 2.45) is 0 Å². The highest BCUT2D eigenvalue weighted by molar-refractivity contribution is 7.92. The summed E-state index contributed by atoms with van der Waals surface area (Å²) in [6.07, 6.45) is 3.04. The summed E-state index contributed by atoms with van der Waals surface area (Å²) < 4.78 is 26.3. The van der Waals surface area contributed by atoms with Crippen molar-refractivity contribution in [3.05, 3.63) is 17.7 Å². The maximum Gasteiger partial charge on any atom is 0.232 e. The molecule has 1 aliphatic heterocycles. The fourth-order valence-electron chi connectivity index (χ4n) is 2.42. The number of thiazole rings is 1. The Morgan fingerprint density at radius 1 is 1.42 bits per heavy atom. The zero-order chi connectivity index (χ0) is 13.6. The molecule has 7 heteroatoms. The molecule has 0 fully saturated rings. The molecule has 5 nitrogen and oxygen atoms in total. The molecule has 0 atom stereocenters. The fourth-order valence-corrected chi connectivity index (χ4v) is 4.28. The molecule has 0 spiro atoms. The third kappa shape index (κ3) is 2.17. The molecule has 2 aromatic rings. The van der Waals surface area contributed by atoms with Gasteiger partial charge in [0.05, 0.1) is 22.2 Å². The lowest BCUT2D eigenvalue weighted by atomic mass is 10.0. The molecule has 102 valence electrons. The van der Waals surface area contributed by atoms with Gasteiger partial charge in [-0.2, -0.15) is 0 Å². The number of sulfonamides is 1. The Hall–Kier alpha value is -1.34. The third-order valence-electron chi connectivity index (χ3n) is 3.28. The summed E-state index contributed by atoms with van der Waals surface area (Å²) in [5.41, 5.74) is 2.73. The summed E-state index contributed by atoms with van der Waals surface area (Å²) in [5, 5.41) is 3.87. The first-order chi connectivity index (χ1) is 8.99. The van der Waals surface area contributed by atoms with Crippen LogP contribution in [0.5, 0.6) is 0 Å². The molecule has 1 N–H and O–H groups in total. The molecular weight excluding hydrogens is 282 g/mol. The van der Waals surface area contributed by atoms with E-state index in [0.29, 0.717) is 6.54 Å². The minimum atomic E-state index is -3.21. The van der Waals surface area contributed by atoms with Gasteiger partial charge in [0.15, 0.2) is 5.13 Å². The number of benzene rings is 1. The van der Waals surface area contributed by atoms with Crippen molar-refractivity contribution >= 4 is 42.4 Å². The standard InChI is InChI=1S/C12H15N3O2S2/c1-13-12-14-9-7-10-8(6-11(9)18-12)4-3-5-15(10)19(2,16)17/h6-7H,3-5H2,1-2H3,(H,13,14). The predicted molar refractivity (Wildman–Crippen MR) is 79.7 cm³/mol. The quantitative estimate of drug-likeness (QED) is 0.921. The Kier molecular flexibility index (Phi) is 2.90. The number of hydrogen-bond donors (Lipinski definition) is 1. The number of anilines is 2. The van der Waals surface area contributed by atoms with Gasteiger partial charge in [-0.15, -0.1) is 0 Å². The Labute approximate surface area is 116 Å². The van der Waals surface area contributed by atoms with E-state index in [-0.39, 0.29) is 0 Å². The molecule has 0 aliphatic carbocycles. The lowest BCUT2D eigenvalue weighted by molar-refractivity contribution is 0.592. The molecule has 19 heavy (non-hydrogen) atoms. The van der Waals surface area contributed by atoms with Gasteiger partial charge in [-0.3, -0.25) is 4.31 Å². The van der Waals surface area contributed by atoms with E-state index in [2.05, 4.69) is 16.4 Å². The number of aryl methyl sites for hydroxylation is 1. The molecule has 1 aromatic heterocycles. The topological polar surface area (TPSA) is 62.3 Å². The molecule has 1 aromatic carbocycles. The van der Waals surface area contributed by atoms with E-state index < -0.39 is 10.0 Å². The first-order valence-electron chi connectivity index (χ1n) is 6.08. The number of aromatic nitrogens is 1. The minimum absolute atomic E-state index is 0.556. The van der Waals surface area contributed by atoms with E-state index in [9.17, 15) is 8.42 Å². The maximum atomic E-state index is 11.8. The summed E-state index contributed by atoms with van der Waals surface area (Å²) in [7, 11) is -1.38. The molecule has 0 saturated carbocycles. The second kappa shape index (κ2) is 4.35. The van der Waals surface area contributed by atoms with Crippen LogP contribution in [0.25, 0.3) is 10.2 Å². The van der Waals surface area contributed by atoms with Gasteiger partial charge in [0.25, 0.3) is 0 Å². The molecule has 0 radical (unpaired) electrons. The Morgan fingerprint density at radius 2 is 2.21 bits per heavy atom. The van der Waals surface area contributed by atoms with E-state index in [1.807, 2.05) is 13.1 Å². The monoisotopic (exact) mass is 297 g/mol. The number of rotatable bonds is 2. The zero-order valence-electron chi connectivity index (χ0n) is 10.8. The van der Waals surface area contributed by atoms with Crippen LogP contribution in [-0.2, 0) is 16.4 Å². The maximum absolute atomic E-state index is 11.8. The molecule has 2 heterocycles. The lowest BCUT2D eigenvalue weighted by Crippen LogP contribution is -2.34. The van der Waals surface area contributed by atoms with E-state index in [1.165, 1.54) is 10.6 Å². The van der Waals surface area contributed by atoms with Gasteiger partial charge in [-0.25, -0.2) is 13.4 Å². The van der Waals surface area contributed by atoms with Crippen LogP contribution in [0.2, 0.25) is 0 Å². The van der Waals surface area contributed by atoms with E-state index in [0.717, 1.165) is 39.4 Å². The van der Waals surface area contributed by atoms with E-state index >= 15 is 0 Å². The van der Waals surface area contributed by atoms with Gasteiger partial charge in [-0.1, -0.05) is 11.3 Å². The molecule has 3 rings (SSSR count). The number of fused-ring (bicyclic) bond motifs is 2. The zero-order valence-corrected chi connectivity index (χ0v) is 12.4. The smallest absolute Gasteiger partial charge is 0.232 e. The van der Waals surface area contributed by atoms with Crippen molar-refractivity contribution in [1.29, 1.82) is 0 Å². The van der Waals surface area contributed by atoms with Crippen molar-refractivity contribution in [1.82, 2.24) is 4.98 Å². The van der Waals surface area contributed by atoms with Crippen LogP contribution in [0, 0.1) is 0 Å². The van der Waals surface area contributed by atoms with Crippen molar-refractivity contribution < 1.29 is 8.42 Å². The van der Waals surface area contributed by atoms with Gasteiger partial charge in [-0.05, 0) is 30.5 Å². The summed E-state index contributed by atoms with van der Waals surface area (Å²) in [6, 6.07) is 3.96. The molecule has 0 saturated heterocycles. The van der Waals surface area contributed by atoms with Crippen molar-refractivity contribution in [2.45, 2.75) is 12.8 Å². The molecule has 0 amide bonds. The minimum Gasteiger partial charge on any atom is -0.365 e. The second-order valence-corrected chi connectivity index (χ2v) is 7.59. The predicted octanol–water partition coefficient (Wildman–Crippen LogP) is 2.05. The van der Waals surface area contributed by atoms with Crippen LogP contribution >= 0.6 is 11.3 Å². The Morgan fingerprint density at radius 3 is 2.89 bits per heavy atom. The van der Waals surface area contributed by atoms with Crippen LogP contribution < -0.4 is 9.62 Å². The average Bonchev–Trinajstić information content (AvgIpc) is 2.75. The van der Waals surface area contributed by atoms with Crippen molar-refractivity contribution in [3.63, 3.8) is 0 Å². The second-order valence-electron chi connectivity index (χ2n) is 4.66. The summed E-state index contributed by atoms with van der Waals surface area (Å²) in [5.74, 6) is 0. The average molecular weight is 297 g/mol. The largest absolute Gasteiger partial charge is 0.365 e. The van der Waals surface area contributed by atoms with Crippen LogP contribution in [0.1, 0.15) is 12.0 Å². The molecule has 0 bridgehead atoms. The summed E-state index contributed by atoms with van der Waals surface area (Å²) in [4.78, 5) is 4.44. The number of hydrogen-bond acceptors (Lipinski definition) is 5. The third-order valence-corrected chi connectivity index (χ3v) is 5.49. The Balaban J connectivity index is 2.21. The van der Waals surface area contributed by atoms with Gasteiger partial charge < -0.3 is 5.32 Å². The van der Waals surface area contributed by atoms with Crippen LogP contribution in [-0.4, -0.2) is 33.2 Å². The first-order valence-corrected chi connectivity index (χ1v) is 8.74. The van der Waals surface area contributed by atoms with Crippen molar-refractivity contribution in [2.75, 3.05) is 29.5 Å². The van der Waals surface area contributed by atoms with E-state index in [4.69, 9.17) is 0 Å². The highest BCUT2D eigenvalue weighted by Gasteiger charge is 2.25. The normalized spacial score (nSPS) is 15.6. The van der Waals surface area contributed by atoms with E-state index in [1.54, 1.807) is 11.3 Å². The Bertz CT molecular complexity index is 737. The van der Waals surface area contributed by atoms with Crippen LogP contribution in [0.3, 0.4) is 0 Å².